The lowest BCUT2D eigenvalue weighted by Gasteiger charge is -2.39. The van der Waals surface area contributed by atoms with E-state index in [9.17, 15) is 4.79 Å². The number of amides is 1. The van der Waals surface area contributed by atoms with Gasteiger partial charge in [0.2, 0.25) is 5.91 Å². The fourth-order valence-corrected chi connectivity index (χ4v) is 2.95. The van der Waals surface area contributed by atoms with Crippen molar-refractivity contribution in [1.82, 2.24) is 4.90 Å². The van der Waals surface area contributed by atoms with Gasteiger partial charge in [-0.05, 0) is 30.2 Å². The lowest BCUT2D eigenvalue weighted by molar-refractivity contribution is -0.133. The number of nitrogens with two attached hydrogens (primary N) is 1. The minimum absolute atomic E-state index is 0.0409. The molecule has 1 aliphatic rings. The maximum absolute atomic E-state index is 12.3. The van der Waals surface area contributed by atoms with Gasteiger partial charge in [0.25, 0.3) is 0 Å². The first-order valence-electron chi connectivity index (χ1n) is 8.12. The second-order valence-corrected chi connectivity index (χ2v) is 6.60. The number of piperidine rings is 1. The zero-order valence-electron chi connectivity index (χ0n) is 13.3. The van der Waals surface area contributed by atoms with Crippen molar-refractivity contribution in [3.05, 3.63) is 35.9 Å². The highest BCUT2D eigenvalue weighted by Crippen LogP contribution is 2.34. The Kier molecular flexibility index (Phi) is 5.40. The summed E-state index contributed by atoms with van der Waals surface area (Å²) in [6, 6.07) is 9.99. The highest BCUT2D eigenvalue weighted by atomic mass is 16.2. The van der Waals surface area contributed by atoms with Crippen LogP contribution in [0, 0.1) is 5.41 Å². The first kappa shape index (κ1) is 16.0. The summed E-state index contributed by atoms with van der Waals surface area (Å²) in [5.41, 5.74) is 7.71. The molecular formula is C18H28N2O. The number of hydrogen-bond donors (Lipinski definition) is 1. The predicted octanol–water partition coefficient (Wildman–Crippen LogP) is 3.51. The molecule has 3 heteroatoms. The fraction of sp³-hybridized carbons (Fsp3) is 0.611. The maximum Gasteiger partial charge on any atom is 0.222 e. The summed E-state index contributed by atoms with van der Waals surface area (Å²) in [6.45, 7) is 6.39. The van der Waals surface area contributed by atoms with Crippen LogP contribution < -0.4 is 5.73 Å². The van der Waals surface area contributed by atoms with Crippen LogP contribution in [0.25, 0.3) is 0 Å². The van der Waals surface area contributed by atoms with Crippen molar-refractivity contribution < 1.29 is 4.79 Å². The monoisotopic (exact) mass is 288 g/mol. The molecule has 1 heterocycles. The average Bonchev–Trinajstić information content (AvgIpc) is 2.54. The largest absolute Gasteiger partial charge is 0.343 e. The van der Waals surface area contributed by atoms with E-state index in [-0.39, 0.29) is 11.9 Å². The topological polar surface area (TPSA) is 46.3 Å². The number of benzene rings is 1. The lowest BCUT2D eigenvalue weighted by atomic mass is 9.78. The molecule has 1 atom stereocenters. The van der Waals surface area contributed by atoms with Crippen LogP contribution in [0.1, 0.15) is 57.6 Å². The van der Waals surface area contributed by atoms with Gasteiger partial charge in [-0.25, -0.2) is 0 Å². The van der Waals surface area contributed by atoms with Crippen LogP contribution in [0.15, 0.2) is 30.3 Å². The minimum Gasteiger partial charge on any atom is -0.343 e. The van der Waals surface area contributed by atoms with Gasteiger partial charge in [-0.15, -0.1) is 0 Å². The Morgan fingerprint density at radius 1 is 1.29 bits per heavy atom. The molecule has 1 aromatic rings. The van der Waals surface area contributed by atoms with Crippen molar-refractivity contribution in [1.29, 1.82) is 0 Å². The SMILES string of the molecule is CCC1(C)CCN(C(=O)CCC(N)c2ccccc2)CC1. The Bertz CT molecular complexity index is 450. The molecule has 1 amide bonds. The van der Waals surface area contributed by atoms with Crippen LogP contribution in [0.4, 0.5) is 0 Å². The van der Waals surface area contributed by atoms with Crippen molar-refractivity contribution in [2.24, 2.45) is 11.1 Å². The van der Waals surface area contributed by atoms with Gasteiger partial charge in [-0.2, -0.15) is 0 Å². The molecule has 1 aromatic carbocycles. The molecule has 2 N–H and O–H groups in total. The molecule has 0 saturated carbocycles. The molecule has 0 aromatic heterocycles. The lowest BCUT2D eigenvalue weighted by Crippen LogP contribution is -2.42. The quantitative estimate of drug-likeness (QED) is 0.901. The van der Waals surface area contributed by atoms with Crippen molar-refractivity contribution in [3.63, 3.8) is 0 Å². The summed E-state index contributed by atoms with van der Waals surface area (Å²) >= 11 is 0. The van der Waals surface area contributed by atoms with E-state index >= 15 is 0 Å². The standard InChI is InChI=1S/C18H28N2O/c1-3-18(2)11-13-20(14-12-18)17(21)10-9-16(19)15-7-5-4-6-8-15/h4-8,16H,3,9-14,19H2,1-2H3. The van der Waals surface area contributed by atoms with Crippen LogP contribution in [-0.4, -0.2) is 23.9 Å². The molecule has 1 fully saturated rings. The van der Waals surface area contributed by atoms with E-state index in [1.807, 2.05) is 35.2 Å². The van der Waals surface area contributed by atoms with E-state index in [0.29, 0.717) is 11.8 Å². The summed E-state index contributed by atoms with van der Waals surface area (Å²) in [4.78, 5) is 14.3. The maximum atomic E-state index is 12.3. The number of likely N-dealkylation sites (tertiary alicyclic amines) is 1. The Hall–Kier alpha value is -1.35. The number of carbonyl (C=O) groups is 1. The molecule has 0 bridgehead atoms. The summed E-state index contributed by atoms with van der Waals surface area (Å²) in [5.74, 6) is 0.263. The molecule has 21 heavy (non-hydrogen) atoms. The van der Waals surface area contributed by atoms with E-state index in [0.717, 1.165) is 37.9 Å². The highest BCUT2D eigenvalue weighted by Gasteiger charge is 2.30. The predicted molar refractivity (Wildman–Crippen MR) is 86.8 cm³/mol. The smallest absolute Gasteiger partial charge is 0.222 e. The van der Waals surface area contributed by atoms with Crippen molar-refractivity contribution in [2.45, 2.75) is 52.0 Å². The van der Waals surface area contributed by atoms with Gasteiger partial charge in [0, 0.05) is 25.6 Å². The summed E-state index contributed by atoms with van der Waals surface area (Å²) in [5, 5.41) is 0. The molecule has 1 aliphatic heterocycles. The van der Waals surface area contributed by atoms with Gasteiger partial charge in [-0.3, -0.25) is 4.79 Å². The van der Waals surface area contributed by atoms with E-state index < -0.39 is 0 Å². The molecule has 116 valence electrons. The van der Waals surface area contributed by atoms with Gasteiger partial charge in [0.15, 0.2) is 0 Å². The van der Waals surface area contributed by atoms with Crippen LogP contribution >= 0.6 is 0 Å². The number of carbonyl (C=O) groups excluding carboxylic acids is 1. The second-order valence-electron chi connectivity index (χ2n) is 6.60. The zero-order valence-corrected chi connectivity index (χ0v) is 13.3. The number of nitrogens with zero attached hydrogens (tertiary/aromatic N) is 1. The molecule has 2 rings (SSSR count). The van der Waals surface area contributed by atoms with Crippen molar-refractivity contribution >= 4 is 5.91 Å². The highest BCUT2D eigenvalue weighted by molar-refractivity contribution is 5.76. The second kappa shape index (κ2) is 7.08. The van der Waals surface area contributed by atoms with Gasteiger partial charge < -0.3 is 10.6 Å². The van der Waals surface area contributed by atoms with Crippen LogP contribution in [0.2, 0.25) is 0 Å². The van der Waals surface area contributed by atoms with Gasteiger partial charge in [-0.1, -0.05) is 50.6 Å². The van der Waals surface area contributed by atoms with Crippen LogP contribution in [-0.2, 0) is 4.79 Å². The fourth-order valence-electron chi connectivity index (χ4n) is 2.95. The Morgan fingerprint density at radius 2 is 1.90 bits per heavy atom. The van der Waals surface area contributed by atoms with E-state index in [1.54, 1.807) is 0 Å². The molecule has 3 nitrogen and oxygen atoms in total. The van der Waals surface area contributed by atoms with E-state index in [2.05, 4.69) is 13.8 Å². The number of rotatable bonds is 5. The van der Waals surface area contributed by atoms with Crippen molar-refractivity contribution in [2.75, 3.05) is 13.1 Å². The van der Waals surface area contributed by atoms with E-state index in [4.69, 9.17) is 5.73 Å². The summed E-state index contributed by atoms with van der Waals surface area (Å²) < 4.78 is 0. The summed E-state index contributed by atoms with van der Waals surface area (Å²) in [7, 11) is 0. The average molecular weight is 288 g/mol. The van der Waals surface area contributed by atoms with Gasteiger partial charge in [0.05, 0.1) is 0 Å². The molecular weight excluding hydrogens is 260 g/mol. The molecule has 0 spiro atoms. The first-order chi connectivity index (χ1) is 10.0. The number of hydrogen-bond acceptors (Lipinski definition) is 2. The first-order valence-corrected chi connectivity index (χ1v) is 8.12. The van der Waals surface area contributed by atoms with Gasteiger partial charge >= 0.3 is 0 Å². The van der Waals surface area contributed by atoms with Gasteiger partial charge in [0.1, 0.15) is 0 Å². The molecule has 1 unspecified atom stereocenters. The molecule has 0 radical (unpaired) electrons. The minimum atomic E-state index is -0.0409. The Balaban J connectivity index is 1.78. The molecule has 0 aliphatic carbocycles. The summed E-state index contributed by atoms with van der Waals surface area (Å²) in [6.07, 6.45) is 4.73. The Morgan fingerprint density at radius 3 is 2.48 bits per heavy atom. The third-order valence-electron chi connectivity index (χ3n) is 5.07. The zero-order chi connectivity index (χ0) is 15.3. The van der Waals surface area contributed by atoms with E-state index in [1.165, 1.54) is 6.42 Å². The Labute approximate surface area is 128 Å². The van der Waals surface area contributed by atoms with Crippen LogP contribution in [0.5, 0.6) is 0 Å². The third kappa shape index (κ3) is 4.31. The molecule has 1 saturated heterocycles. The van der Waals surface area contributed by atoms with Crippen LogP contribution in [0.3, 0.4) is 0 Å². The third-order valence-corrected chi connectivity index (χ3v) is 5.07. The van der Waals surface area contributed by atoms with Crippen molar-refractivity contribution in [3.8, 4) is 0 Å². The normalized spacial score (nSPS) is 19.3.